The Hall–Kier alpha value is -0.610. The van der Waals surface area contributed by atoms with Crippen LogP contribution >= 0.6 is 15.9 Å². The Bertz CT molecular complexity index is 349. The van der Waals surface area contributed by atoms with Gasteiger partial charge in [0.25, 0.3) is 0 Å². The van der Waals surface area contributed by atoms with Crippen molar-refractivity contribution in [1.82, 2.24) is 4.98 Å². The first-order chi connectivity index (χ1) is 7.66. The molecule has 1 aliphatic heterocycles. The Labute approximate surface area is 105 Å². The number of piperidine rings is 1. The molecule has 0 saturated carbocycles. The van der Waals surface area contributed by atoms with Crippen molar-refractivity contribution in [3.8, 4) is 0 Å². The fraction of sp³-hybridized carbons (Fsp3) is 0.583. The van der Waals surface area contributed by atoms with Gasteiger partial charge in [-0.1, -0.05) is 15.9 Å². The van der Waals surface area contributed by atoms with Crippen molar-refractivity contribution < 1.29 is 5.11 Å². The summed E-state index contributed by atoms with van der Waals surface area (Å²) in [5.74, 6) is 1.47. The molecule has 1 N–H and O–H groups in total. The first-order valence-corrected chi connectivity index (χ1v) is 6.50. The van der Waals surface area contributed by atoms with Crippen molar-refractivity contribution >= 4 is 21.7 Å². The maximum atomic E-state index is 9.54. The van der Waals surface area contributed by atoms with E-state index in [0.717, 1.165) is 36.2 Å². The lowest BCUT2D eigenvalue weighted by molar-refractivity contribution is 0.110. The second kappa shape index (κ2) is 5.15. The third-order valence-corrected chi connectivity index (χ3v) is 3.75. The van der Waals surface area contributed by atoms with E-state index in [1.54, 1.807) is 0 Å². The van der Waals surface area contributed by atoms with Crippen molar-refractivity contribution in [3.63, 3.8) is 0 Å². The van der Waals surface area contributed by atoms with Gasteiger partial charge in [-0.2, -0.15) is 0 Å². The Morgan fingerprint density at radius 1 is 1.50 bits per heavy atom. The molecule has 16 heavy (non-hydrogen) atoms. The zero-order valence-electron chi connectivity index (χ0n) is 9.43. The summed E-state index contributed by atoms with van der Waals surface area (Å²) in [6.07, 6.45) is 3.73. The van der Waals surface area contributed by atoms with Crippen LogP contribution in [-0.4, -0.2) is 29.3 Å². The number of aromatic nitrogens is 1. The summed E-state index contributed by atoms with van der Waals surface area (Å²) in [5, 5.41) is 9.54. The Morgan fingerprint density at radius 2 is 2.19 bits per heavy atom. The van der Waals surface area contributed by atoms with Crippen LogP contribution in [0.4, 0.5) is 5.82 Å². The van der Waals surface area contributed by atoms with Gasteiger partial charge in [0.15, 0.2) is 0 Å². The number of nitrogens with zero attached hydrogens (tertiary/aromatic N) is 2. The number of aliphatic hydroxyl groups is 1. The molecule has 0 aromatic carbocycles. The SMILES string of the molecule is CC(O)C1CCN(c2cc(Br)ccn2)CC1. The summed E-state index contributed by atoms with van der Waals surface area (Å²) in [4.78, 5) is 6.65. The Kier molecular flexibility index (Phi) is 3.82. The summed E-state index contributed by atoms with van der Waals surface area (Å²) in [6, 6.07) is 3.98. The molecular weight excluding hydrogens is 268 g/mol. The molecule has 1 fully saturated rings. The maximum Gasteiger partial charge on any atom is 0.129 e. The summed E-state index contributed by atoms with van der Waals surface area (Å²) in [6.45, 7) is 3.86. The lowest BCUT2D eigenvalue weighted by Gasteiger charge is -2.34. The van der Waals surface area contributed by atoms with Crippen LogP contribution in [0.15, 0.2) is 22.8 Å². The van der Waals surface area contributed by atoms with Crippen LogP contribution in [0.5, 0.6) is 0 Å². The second-order valence-electron chi connectivity index (χ2n) is 4.40. The number of hydrogen-bond donors (Lipinski definition) is 1. The first kappa shape index (κ1) is 11.9. The van der Waals surface area contributed by atoms with E-state index in [1.165, 1.54) is 0 Å². The van der Waals surface area contributed by atoms with Crippen LogP contribution in [0.3, 0.4) is 0 Å². The summed E-state index contributed by atoms with van der Waals surface area (Å²) in [5.41, 5.74) is 0. The van der Waals surface area contributed by atoms with Crippen molar-refractivity contribution in [2.45, 2.75) is 25.9 Å². The van der Waals surface area contributed by atoms with Crippen LogP contribution in [0.25, 0.3) is 0 Å². The van der Waals surface area contributed by atoms with E-state index < -0.39 is 0 Å². The predicted molar refractivity (Wildman–Crippen MR) is 68.6 cm³/mol. The lowest BCUT2D eigenvalue weighted by Crippen LogP contribution is -2.37. The molecule has 2 rings (SSSR count). The van der Waals surface area contributed by atoms with Gasteiger partial charge in [-0.3, -0.25) is 0 Å². The highest BCUT2D eigenvalue weighted by atomic mass is 79.9. The molecule has 0 aliphatic carbocycles. The fourth-order valence-corrected chi connectivity index (χ4v) is 2.50. The van der Waals surface area contributed by atoms with E-state index in [-0.39, 0.29) is 6.10 Å². The van der Waals surface area contributed by atoms with E-state index in [2.05, 4.69) is 25.8 Å². The highest BCUT2D eigenvalue weighted by Crippen LogP contribution is 2.25. The number of pyridine rings is 1. The minimum absolute atomic E-state index is 0.183. The third-order valence-electron chi connectivity index (χ3n) is 3.25. The summed E-state index contributed by atoms with van der Waals surface area (Å²) in [7, 11) is 0. The van der Waals surface area contributed by atoms with Crippen LogP contribution in [0.2, 0.25) is 0 Å². The molecule has 0 spiro atoms. The zero-order valence-corrected chi connectivity index (χ0v) is 11.0. The molecule has 0 amide bonds. The topological polar surface area (TPSA) is 36.4 Å². The predicted octanol–water partition coefficient (Wildman–Crippen LogP) is 2.44. The lowest BCUT2D eigenvalue weighted by atomic mass is 9.92. The number of anilines is 1. The van der Waals surface area contributed by atoms with Crippen molar-refractivity contribution in [2.75, 3.05) is 18.0 Å². The van der Waals surface area contributed by atoms with Crippen molar-refractivity contribution in [2.24, 2.45) is 5.92 Å². The van der Waals surface area contributed by atoms with E-state index in [9.17, 15) is 5.11 Å². The molecule has 4 heteroatoms. The largest absolute Gasteiger partial charge is 0.393 e. The number of rotatable bonds is 2. The van der Waals surface area contributed by atoms with Gasteiger partial charge in [-0.25, -0.2) is 4.98 Å². The summed E-state index contributed by atoms with van der Waals surface area (Å²) >= 11 is 3.46. The van der Waals surface area contributed by atoms with Crippen LogP contribution in [0.1, 0.15) is 19.8 Å². The normalized spacial score (nSPS) is 19.8. The van der Waals surface area contributed by atoms with Crippen LogP contribution in [-0.2, 0) is 0 Å². The van der Waals surface area contributed by atoms with Gasteiger partial charge < -0.3 is 10.0 Å². The van der Waals surface area contributed by atoms with Gasteiger partial charge in [-0.15, -0.1) is 0 Å². The second-order valence-corrected chi connectivity index (χ2v) is 5.31. The molecule has 2 heterocycles. The fourth-order valence-electron chi connectivity index (χ4n) is 2.18. The van der Waals surface area contributed by atoms with E-state index in [4.69, 9.17) is 0 Å². The van der Waals surface area contributed by atoms with Gasteiger partial charge >= 0.3 is 0 Å². The van der Waals surface area contributed by atoms with Gasteiger partial charge in [0.05, 0.1) is 6.10 Å². The quantitative estimate of drug-likeness (QED) is 0.906. The minimum atomic E-state index is -0.183. The molecule has 1 aromatic rings. The van der Waals surface area contributed by atoms with E-state index in [1.807, 2.05) is 25.3 Å². The average Bonchev–Trinajstić information content (AvgIpc) is 2.29. The molecule has 88 valence electrons. The molecule has 1 saturated heterocycles. The van der Waals surface area contributed by atoms with Gasteiger partial charge in [0.1, 0.15) is 5.82 Å². The Morgan fingerprint density at radius 3 is 2.75 bits per heavy atom. The van der Waals surface area contributed by atoms with E-state index >= 15 is 0 Å². The standard InChI is InChI=1S/C12H17BrN2O/c1-9(16)10-3-6-15(7-4-10)12-8-11(13)2-5-14-12/h2,5,8-10,16H,3-4,6-7H2,1H3. The number of hydrogen-bond acceptors (Lipinski definition) is 3. The van der Waals surface area contributed by atoms with Gasteiger partial charge in [0.2, 0.25) is 0 Å². The molecule has 1 atom stereocenters. The molecule has 1 aromatic heterocycles. The average molecular weight is 285 g/mol. The van der Waals surface area contributed by atoms with Crippen LogP contribution < -0.4 is 4.90 Å². The van der Waals surface area contributed by atoms with E-state index in [0.29, 0.717) is 5.92 Å². The summed E-state index contributed by atoms with van der Waals surface area (Å²) < 4.78 is 1.06. The van der Waals surface area contributed by atoms with Gasteiger partial charge in [-0.05, 0) is 37.8 Å². The molecule has 0 bridgehead atoms. The molecule has 0 radical (unpaired) electrons. The highest BCUT2D eigenvalue weighted by Gasteiger charge is 2.23. The molecule has 1 aliphatic rings. The van der Waals surface area contributed by atoms with Crippen molar-refractivity contribution in [3.05, 3.63) is 22.8 Å². The highest BCUT2D eigenvalue weighted by molar-refractivity contribution is 9.10. The molecule has 1 unspecified atom stereocenters. The van der Waals surface area contributed by atoms with Crippen molar-refractivity contribution in [1.29, 1.82) is 0 Å². The minimum Gasteiger partial charge on any atom is -0.393 e. The third kappa shape index (κ3) is 2.74. The molecular formula is C12H17BrN2O. The monoisotopic (exact) mass is 284 g/mol. The number of aliphatic hydroxyl groups excluding tert-OH is 1. The smallest absolute Gasteiger partial charge is 0.129 e. The van der Waals surface area contributed by atoms with Crippen LogP contribution in [0, 0.1) is 5.92 Å². The first-order valence-electron chi connectivity index (χ1n) is 5.71. The number of halogens is 1. The zero-order chi connectivity index (χ0) is 11.5. The maximum absolute atomic E-state index is 9.54. The Balaban J connectivity index is 1.99. The van der Waals surface area contributed by atoms with Gasteiger partial charge in [0, 0.05) is 23.8 Å². The molecule has 3 nitrogen and oxygen atoms in total.